The molecule has 3 aromatic rings. The van der Waals surface area contributed by atoms with Crippen LogP contribution in [0.4, 0.5) is 11.4 Å². The van der Waals surface area contributed by atoms with Crippen LogP contribution in [0.25, 0.3) is 0 Å². The molecule has 30 heavy (non-hydrogen) atoms. The number of ketones is 1. The molecule has 1 aliphatic rings. The number of anilines is 2. The normalized spacial score (nSPS) is 14.9. The fourth-order valence-electron chi connectivity index (χ4n) is 3.71. The van der Waals surface area contributed by atoms with E-state index in [2.05, 4.69) is 10.3 Å². The van der Waals surface area contributed by atoms with Crippen LogP contribution in [0.5, 0.6) is 0 Å². The van der Waals surface area contributed by atoms with Crippen molar-refractivity contribution in [2.24, 2.45) is 0 Å². The number of aromatic nitrogens is 1. The van der Waals surface area contributed by atoms with Crippen LogP contribution in [0.3, 0.4) is 0 Å². The summed E-state index contributed by atoms with van der Waals surface area (Å²) in [5.74, 6) is -0.665. The molecule has 0 fully saturated rings. The van der Waals surface area contributed by atoms with E-state index in [-0.39, 0.29) is 23.3 Å². The Kier molecular flexibility index (Phi) is 5.14. The van der Waals surface area contributed by atoms with Gasteiger partial charge in [-0.05, 0) is 50.1 Å². The summed E-state index contributed by atoms with van der Waals surface area (Å²) in [6.07, 6.45) is 3.69. The Bertz CT molecular complexity index is 1160. The van der Waals surface area contributed by atoms with Gasteiger partial charge in [0.1, 0.15) is 0 Å². The Morgan fingerprint density at radius 2 is 1.73 bits per heavy atom. The molecule has 6 nitrogen and oxygen atoms in total. The topological polar surface area (TPSA) is 79.4 Å². The highest BCUT2D eigenvalue weighted by molar-refractivity contribution is 6.10. The Balaban J connectivity index is 1.57. The molecule has 0 saturated heterocycles. The number of para-hydroxylation sites is 1. The number of nitrogens with zero attached hydrogens (tertiary/aromatic N) is 2. The summed E-state index contributed by atoms with van der Waals surface area (Å²) >= 11 is 0. The van der Waals surface area contributed by atoms with E-state index < -0.39 is 5.91 Å². The first-order valence-electron chi connectivity index (χ1n) is 9.73. The van der Waals surface area contributed by atoms with Crippen molar-refractivity contribution in [3.8, 4) is 0 Å². The minimum atomic E-state index is -0.396. The number of nitrogens with one attached hydrogen (secondary N) is 1. The lowest BCUT2D eigenvalue weighted by Gasteiger charge is -2.22. The van der Waals surface area contributed by atoms with Crippen LogP contribution < -0.4 is 10.2 Å². The van der Waals surface area contributed by atoms with Crippen molar-refractivity contribution in [1.82, 2.24) is 4.98 Å². The summed E-state index contributed by atoms with van der Waals surface area (Å²) in [5.41, 5.74) is 3.66. The number of hydrogen-bond acceptors (Lipinski definition) is 4. The van der Waals surface area contributed by atoms with E-state index in [0.29, 0.717) is 16.8 Å². The third kappa shape index (κ3) is 3.72. The van der Waals surface area contributed by atoms with Crippen LogP contribution in [0, 0.1) is 0 Å². The van der Waals surface area contributed by atoms with E-state index >= 15 is 0 Å². The maximum atomic E-state index is 13.2. The average Bonchev–Trinajstić information content (AvgIpc) is 3.09. The molecule has 1 N–H and O–H groups in total. The van der Waals surface area contributed by atoms with Gasteiger partial charge in [-0.3, -0.25) is 19.4 Å². The number of carbonyl (C=O) groups excluding carboxylic acids is 3. The van der Waals surface area contributed by atoms with Gasteiger partial charge in [-0.25, -0.2) is 0 Å². The number of carbonyl (C=O) groups is 3. The number of hydrogen-bond donors (Lipinski definition) is 1. The molecule has 150 valence electrons. The molecule has 2 amide bonds. The van der Waals surface area contributed by atoms with E-state index in [0.717, 1.165) is 17.7 Å². The number of fused-ring (bicyclic) bond motifs is 1. The van der Waals surface area contributed by atoms with Gasteiger partial charge in [0.25, 0.3) is 11.8 Å². The molecule has 4 rings (SSSR count). The highest BCUT2D eigenvalue weighted by Gasteiger charge is 2.31. The van der Waals surface area contributed by atoms with Crippen molar-refractivity contribution in [2.75, 3.05) is 10.2 Å². The third-order valence-electron chi connectivity index (χ3n) is 5.20. The summed E-state index contributed by atoms with van der Waals surface area (Å²) in [6, 6.07) is 16.1. The molecular formula is C24H21N3O3. The third-order valence-corrected chi connectivity index (χ3v) is 5.20. The first-order valence-corrected chi connectivity index (χ1v) is 9.73. The molecule has 0 saturated carbocycles. The van der Waals surface area contributed by atoms with Crippen LogP contribution in [0.2, 0.25) is 0 Å². The lowest BCUT2D eigenvalue weighted by Crippen LogP contribution is -2.35. The second-order valence-corrected chi connectivity index (χ2v) is 7.41. The van der Waals surface area contributed by atoms with Crippen molar-refractivity contribution in [3.63, 3.8) is 0 Å². The lowest BCUT2D eigenvalue weighted by atomic mass is 10.1. The predicted molar refractivity (Wildman–Crippen MR) is 115 cm³/mol. The van der Waals surface area contributed by atoms with Crippen LogP contribution >= 0.6 is 0 Å². The van der Waals surface area contributed by atoms with Crippen molar-refractivity contribution in [1.29, 1.82) is 0 Å². The summed E-state index contributed by atoms with van der Waals surface area (Å²) in [6.45, 7) is 3.47. The molecule has 0 radical (unpaired) electrons. The highest BCUT2D eigenvalue weighted by Crippen LogP contribution is 2.33. The highest BCUT2D eigenvalue weighted by atomic mass is 16.2. The van der Waals surface area contributed by atoms with Gasteiger partial charge < -0.3 is 10.2 Å². The number of benzene rings is 2. The van der Waals surface area contributed by atoms with Crippen molar-refractivity contribution < 1.29 is 14.4 Å². The summed E-state index contributed by atoms with van der Waals surface area (Å²) in [5, 5.41) is 2.76. The van der Waals surface area contributed by atoms with E-state index in [1.165, 1.54) is 19.3 Å². The first kappa shape index (κ1) is 19.5. The van der Waals surface area contributed by atoms with Crippen LogP contribution in [-0.4, -0.2) is 28.6 Å². The van der Waals surface area contributed by atoms with Gasteiger partial charge in [-0.15, -0.1) is 0 Å². The van der Waals surface area contributed by atoms with Crippen molar-refractivity contribution in [2.45, 2.75) is 26.3 Å². The number of pyridine rings is 1. The molecule has 6 heteroatoms. The summed E-state index contributed by atoms with van der Waals surface area (Å²) < 4.78 is 0. The fourth-order valence-corrected chi connectivity index (χ4v) is 3.71. The maximum Gasteiger partial charge on any atom is 0.260 e. The molecule has 1 aliphatic heterocycles. The molecule has 0 aliphatic carbocycles. The van der Waals surface area contributed by atoms with Crippen LogP contribution in [0.15, 0.2) is 67.0 Å². The second kappa shape index (κ2) is 7.91. The number of rotatable bonds is 4. The Hall–Kier alpha value is -3.80. The summed E-state index contributed by atoms with van der Waals surface area (Å²) in [7, 11) is 0. The van der Waals surface area contributed by atoms with Gasteiger partial charge in [0.05, 0.1) is 11.1 Å². The van der Waals surface area contributed by atoms with Gasteiger partial charge in [-0.2, -0.15) is 0 Å². The second-order valence-electron chi connectivity index (χ2n) is 7.41. The maximum absolute atomic E-state index is 13.2. The van der Waals surface area contributed by atoms with E-state index in [4.69, 9.17) is 0 Å². The quantitative estimate of drug-likeness (QED) is 0.669. The van der Waals surface area contributed by atoms with Gasteiger partial charge in [0.2, 0.25) is 0 Å². The smallest absolute Gasteiger partial charge is 0.260 e. The Morgan fingerprint density at radius 3 is 2.53 bits per heavy atom. The monoisotopic (exact) mass is 399 g/mol. The lowest BCUT2D eigenvalue weighted by molar-refractivity contribution is 0.0979. The average molecular weight is 399 g/mol. The van der Waals surface area contributed by atoms with E-state index in [1.54, 1.807) is 35.2 Å². The summed E-state index contributed by atoms with van der Waals surface area (Å²) in [4.78, 5) is 43.3. The molecule has 1 aromatic heterocycles. The molecule has 2 aromatic carbocycles. The van der Waals surface area contributed by atoms with Gasteiger partial charge in [-0.1, -0.05) is 30.3 Å². The van der Waals surface area contributed by atoms with Gasteiger partial charge >= 0.3 is 0 Å². The molecule has 0 bridgehead atoms. The van der Waals surface area contributed by atoms with E-state index in [1.807, 2.05) is 31.2 Å². The SMILES string of the molecule is CC(=O)c1cccc(NC(=O)c2cncc(C(=O)N3c4ccccc4CC3C)c2)c1. The molecular weight excluding hydrogens is 378 g/mol. The van der Waals surface area contributed by atoms with Gasteiger partial charge in [0.15, 0.2) is 5.78 Å². The van der Waals surface area contributed by atoms with Crippen LogP contribution in [0.1, 0.15) is 50.5 Å². The number of amides is 2. The minimum Gasteiger partial charge on any atom is -0.322 e. The molecule has 2 heterocycles. The zero-order valence-electron chi connectivity index (χ0n) is 16.8. The van der Waals surface area contributed by atoms with Crippen molar-refractivity contribution >= 4 is 29.0 Å². The van der Waals surface area contributed by atoms with Crippen LogP contribution in [-0.2, 0) is 6.42 Å². The molecule has 1 atom stereocenters. The molecule has 0 spiro atoms. The minimum absolute atomic E-state index is 0.0294. The zero-order chi connectivity index (χ0) is 21.3. The Labute approximate surface area is 174 Å². The zero-order valence-corrected chi connectivity index (χ0v) is 16.8. The molecule has 1 unspecified atom stereocenters. The number of Topliss-reactive ketones (excluding diaryl/α,β-unsaturated/α-hetero) is 1. The Morgan fingerprint density at radius 1 is 0.967 bits per heavy atom. The predicted octanol–water partition coefficient (Wildman–Crippen LogP) is 4.13. The standard InChI is InChI=1S/C24H21N3O3/c1-15-10-18-6-3-4-9-22(18)27(15)24(30)20-11-19(13-25-14-20)23(29)26-21-8-5-7-17(12-21)16(2)28/h3-9,11-15H,10H2,1-2H3,(H,26,29). The largest absolute Gasteiger partial charge is 0.322 e. The van der Waals surface area contributed by atoms with Crippen molar-refractivity contribution in [3.05, 3.63) is 89.2 Å². The first-order chi connectivity index (χ1) is 14.4. The van der Waals surface area contributed by atoms with Gasteiger partial charge in [0, 0.05) is 35.4 Å². The fraction of sp³-hybridized carbons (Fsp3) is 0.167. The van der Waals surface area contributed by atoms with E-state index in [9.17, 15) is 14.4 Å².